The number of halogens is 1. The topological polar surface area (TPSA) is 12.9 Å². The zero-order chi connectivity index (χ0) is 6.53. The lowest BCUT2D eigenvalue weighted by atomic mass is 10.5. The van der Waals surface area contributed by atoms with Gasteiger partial charge in [-0.15, -0.1) is 0 Å². The Morgan fingerprint density at radius 3 is 3.00 bits per heavy atom. The molecule has 1 nitrogen and oxygen atoms in total. The van der Waals surface area contributed by atoms with E-state index in [1.807, 2.05) is 18.2 Å². The Bertz CT molecular complexity index is 166. The molecule has 1 heterocycles. The predicted octanol–water partition coefficient (Wildman–Crippen LogP) is 2.53. The van der Waals surface area contributed by atoms with Crippen LogP contribution in [0.5, 0.6) is 0 Å². The minimum atomic E-state index is 0.907. The number of hydrogen-bond donors (Lipinski definition) is 0. The lowest BCUT2D eigenvalue weighted by molar-refractivity contribution is 1.14. The monoisotopic (exact) mass is 203 g/mol. The standard InChI is InChI=1S/C6H6BrNS/c7-5-9-6-3-1-2-4-8-6/h1-4H,5H2. The van der Waals surface area contributed by atoms with E-state index in [0.29, 0.717) is 0 Å². The molecule has 0 saturated heterocycles. The predicted molar refractivity (Wildman–Crippen MR) is 43.9 cm³/mol. The Hall–Kier alpha value is -0.0200. The maximum atomic E-state index is 4.10. The third-order valence-corrected chi connectivity index (χ3v) is 2.17. The molecule has 48 valence electrons. The van der Waals surface area contributed by atoms with Gasteiger partial charge in [0, 0.05) is 6.20 Å². The zero-order valence-electron chi connectivity index (χ0n) is 4.75. The summed E-state index contributed by atoms with van der Waals surface area (Å²) in [4.78, 5) is 4.10. The summed E-state index contributed by atoms with van der Waals surface area (Å²) in [5.41, 5.74) is 0. The second kappa shape index (κ2) is 3.90. The van der Waals surface area contributed by atoms with E-state index in [2.05, 4.69) is 20.9 Å². The van der Waals surface area contributed by atoms with Crippen molar-refractivity contribution >= 4 is 27.7 Å². The summed E-state index contributed by atoms with van der Waals surface area (Å²) < 4.78 is 0.907. The number of alkyl halides is 1. The molecule has 0 N–H and O–H groups in total. The van der Waals surface area contributed by atoms with Crippen LogP contribution >= 0.6 is 27.7 Å². The van der Waals surface area contributed by atoms with E-state index in [9.17, 15) is 0 Å². The molecule has 0 aromatic carbocycles. The molecule has 1 aromatic rings. The number of hydrogen-bond acceptors (Lipinski definition) is 2. The van der Waals surface area contributed by atoms with Gasteiger partial charge in [-0.1, -0.05) is 33.8 Å². The van der Waals surface area contributed by atoms with Crippen molar-refractivity contribution in [2.24, 2.45) is 0 Å². The minimum absolute atomic E-state index is 0.907. The molecule has 0 bridgehead atoms. The lowest BCUT2D eigenvalue weighted by Crippen LogP contribution is -1.74. The summed E-state index contributed by atoms with van der Waals surface area (Å²) in [6.45, 7) is 0. The summed E-state index contributed by atoms with van der Waals surface area (Å²) in [5.74, 6) is 0. The van der Waals surface area contributed by atoms with Gasteiger partial charge in [0.15, 0.2) is 0 Å². The van der Waals surface area contributed by atoms with Gasteiger partial charge < -0.3 is 0 Å². The van der Waals surface area contributed by atoms with Crippen LogP contribution in [0.4, 0.5) is 0 Å². The highest BCUT2D eigenvalue weighted by atomic mass is 79.9. The average Bonchev–Trinajstić information content (AvgIpc) is 1.91. The summed E-state index contributed by atoms with van der Waals surface area (Å²) >= 11 is 4.99. The second-order valence-corrected chi connectivity index (χ2v) is 3.72. The fourth-order valence-corrected chi connectivity index (χ4v) is 1.61. The Morgan fingerprint density at radius 2 is 2.44 bits per heavy atom. The van der Waals surface area contributed by atoms with Gasteiger partial charge in [0.2, 0.25) is 0 Å². The number of nitrogens with zero attached hydrogens (tertiary/aromatic N) is 1. The molecule has 0 aliphatic heterocycles. The van der Waals surface area contributed by atoms with Crippen molar-refractivity contribution in [1.82, 2.24) is 4.98 Å². The minimum Gasteiger partial charge on any atom is -0.250 e. The van der Waals surface area contributed by atoms with Gasteiger partial charge in [0.1, 0.15) is 0 Å². The van der Waals surface area contributed by atoms with Gasteiger partial charge in [-0.25, -0.2) is 4.98 Å². The smallest absolute Gasteiger partial charge is 0.0967 e. The van der Waals surface area contributed by atoms with Crippen LogP contribution in [-0.4, -0.2) is 9.65 Å². The van der Waals surface area contributed by atoms with E-state index in [-0.39, 0.29) is 0 Å². The van der Waals surface area contributed by atoms with Gasteiger partial charge in [-0.2, -0.15) is 0 Å². The molecular weight excluding hydrogens is 198 g/mol. The second-order valence-electron chi connectivity index (χ2n) is 1.42. The normalized spacial score (nSPS) is 9.44. The van der Waals surface area contributed by atoms with Crippen molar-refractivity contribution < 1.29 is 0 Å². The quantitative estimate of drug-likeness (QED) is 0.542. The first-order valence-corrected chi connectivity index (χ1v) is 4.64. The van der Waals surface area contributed by atoms with Gasteiger partial charge in [-0.3, -0.25) is 0 Å². The van der Waals surface area contributed by atoms with Crippen LogP contribution in [-0.2, 0) is 0 Å². The fourth-order valence-electron chi connectivity index (χ4n) is 0.488. The number of aromatic nitrogens is 1. The van der Waals surface area contributed by atoms with E-state index in [0.717, 1.165) is 9.69 Å². The van der Waals surface area contributed by atoms with Crippen molar-refractivity contribution in [1.29, 1.82) is 0 Å². The molecule has 3 heteroatoms. The highest BCUT2D eigenvalue weighted by Gasteiger charge is 1.87. The van der Waals surface area contributed by atoms with E-state index in [1.54, 1.807) is 18.0 Å². The zero-order valence-corrected chi connectivity index (χ0v) is 7.15. The Labute approximate surface area is 67.0 Å². The molecular formula is C6H6BrNS. The fraction of sp³-hybridized carbons (Fsp3) is 0.167. The third-order valence-electron chi connectivity index (χ3n) is 0.840. The molecule has 0 radical (unpaired) electrons. The first kappa shape index (κ1) is 7.09. The SMILES string of the molecule is BrCSc1ccccn1. The van der Waals surface area contributed by atoms with Gasteiger partial charge in [0.05, 0.1) is 9.69 Å². The molecule has 0 amide bonds. The van der Waals surface area contributed by atoms with Crippen LogP contribution in [0, 0.1) is 0 Å². The number of thioether (sulfide) groups is 1. The average molecular weight is 204 g/mol. The molecule has 1 rings (SSSR count). The molecule has 0 fully saturated rings. The molecule has 0 spiro atoms. The third kappa shape index (κ3) is 2.37. The first-order valence-electron chi connectivity index (χ1n) is 2.53. The van der Waals surface area contributed by atoms with Crippen LogP contribution in [0.1, 0.15) is 0 Å². The Morgan fingerprint density at radius 1 is 1.56 bits per heavy atom. The lowest BCUT2D eigenvalue weighted by Gasteiger charge is -1.91. The summed E-state index contributed by atoms with van der Waals surface area (Å²) in [6.07, 6.45) is 1.80. The van der Waals surface area contributed by atoms with Gasteiger partial charge in [-0.05, 0) is 12.1 Å². The van der Waals surface area contributed by atoms with Crippen molar-refractivity contribution in [3.8, 4) is 0 Å². The number of pyridine rings is 1. The summed E-state index contributed by atoms with van der Waals surface area (Å²) in [7, 11) is 0. The van der Waals surface area contributed by atoms with E-state index in [1.165, 1.54) is 0 Å². The Balaban J connectivity index is 2.61. The molecule has 9 heavy (non-hydrogen) atoms. The Kier molecular flexibility index (Phi) is 3.08. The van der Waals surface area contributed by atoms with Crippen molar-refractivity contribution in [3.05, 3.63) is 24.4 Å². The summed E-state index contributed by atoms with van der Waals surface area (Å²) in [6, 6.07) is 5.89. The van der Waals surface area contributed by atoms with Crippen molar-refractivity contribution in [2.75, 3.05) is 4.66 Å². The van der Waals surface area contributed by atoms with Crippen LogP contribution < -0.4 is 0 Å². The highest BCUT2D eigenvalue weighted by molar-refractivity contribution is 9.11. The molecule has 0 aliphatic rings. The van der Waals surface area contributed by atoms with E-state index < -0.39 is 0 Å². The summed E-state index contributed by atoms with van der Waals surface area (Å²) in [5, 5.41) is 1.06. The maximum absolute atomic E-state index is 4.10. The van der Waals surface area contributed by atoms with E-state index in [4.69, 9.17) is 0 Å². The van der Waals surface area contributed by atoms with Crippen LogP contribution in [0.25, 0.3) is 0 Å². The van der Waals surface area contributed by atoms with Crippen molar-refractivity contribution in [2.45, 2.75) is 5.03 Å². The maximum Gasteiger partial charge on any atom is 0.0967 e. The molecule has 0 atom stereocenters. The molecule has 0 saturated carbocycles. The van der Waals surface area contributed by atoms with Crippen molar-refractivity contribution in [3.63, 3.8) is 0 Å². The van der Waals surface area contributed by atoms with Crippen LogP contribution in [0.3, 0.4) is 0 Å². The van der Waals surface area contributed by atoms with Crippen LogP contribution in [0.15, 0.2) is 29.4 Å². The number of rotatable bonds is 2. The van der Waals surface area contributed by atoms with Crippen LogP contribution in [0.2, 0.25) is 0 Å². The van der Waals surface area contributed by atoms with Gasteiger partial charge in [0.25, 0.3) is 0 Å². The first-order chi connectivity index (χ1) is 4.43. The highest BCUT2D eigenvalue weighted by Crippen LogP contribution is 2.15. The largest absolute Gasteiger partial charge is 0.250 e. The van der Waals surface area contributed by atoms with E-state index >= 15 is 0 Å². The van der Waals surface area contributed by atoms with Gasteiger partial charge >= 0.3 is 0 Å². The molecule has 0 unspecified atom stereocenters. The molecule has 0 aliphatic carbocycles. The molecule has 1 aromatic heterocycles.